The van der Waals surface area contributed by atoms with Gasteiger partial charge in [-0.2, -0.15) is 0 Å². The summed E-state index contributed by atoms with van der Waals surface area (Å²) in [6.07, 6.45) is 0.281. The van der Waals surface area contributed by atoms with E-state index in [9.17, 15) is 14.4 Å². The Kier molecular flexibility index (Phi) is 4.57. The van der Waals surface area contributed by atoms with Gasteiger partial charge in [0.05, 0.1) is 0 Å². The Morgan fingerprint density at radius 3 is 1.95 bits per heavy atom. The van der Waals surface area contributed by atoms with Crippen molar-refractivity contribution in [2.75, 3.05) is 18.0 Å². The zero-order valence-corrected chi connectivity index (χ0v) is 12.2. The molecule has 0 saturated carbocycles. The first-order valence-electron chi connectivity index (χ1n) is 7.04. The monoisotopic (exact) mass is 289 g/mol. The van der Waals surface area contributed by atoms with Crippen molar-refractivity contribution in [2.24, 2.45) is 5.92 Å². The molecule has 0 radical (unpaired) electrons. The summed E-state index contributed by atoms with van der Waals surface area (Å²) < 4.78 is 0. The Morgan fingerprint density at radius 1 is 0.952 bits per heavy atom. The fourth-order valence-corrected chi connectivity index (χ4v) is 2.40. The molecule has 0 spiro atoms. The molecule has 0 atom stereocenters. The third-order valence-corrected chi connectivity index (χ3v) is 3.61. The average molecular weight is 289 g/mol. The number of benzene rings is 1. The molecule has 0 unspecified atom stereocenters. The van der Waals surface area contributed by atoms with E-state index in [4.69, 9.17) is 0 Å². The number of carbonyl (C=O) groups is 3. The van der Waals surface area contributed by atoms with Gasteiger partial charge < -0.3 is 4.90 Å². The molecule has 0 aliphatic carbocycles. The SMILES string of the molecule is CCN(CC)c1ccc(CC2C(=O)NC(=O)NC2=O)cc1. The lowest BCUT2D eigenvalue weighted by molar-refractivity contribution is -0.135. The first kappa shape index (κ1) is 15.0. The molecule has 1 aromatic rings. The molecule has 0 bridgehead atoms. The van der Waals surface area contributed by atoms with E-state index in [1.165, 1.54) is 0 Å². The van der Waals surface area contributed by atoms with E-state index >= 15 is 0 Å². The molecule has 1 heterocycles. The summed E-state index contributed by atoms with van der Waals surface area (Å²) in [4.78, 5) is 36.6. The number of carbonyl (C=O) groups excluding carboxylic acids is 3. The predicted octanol–water partition coefficient (Wildman–Crippen LogP) is 1.06. The first-order valence-corrected chi connectivity index (χ1v) is 7.04. The van der Waals surface area contributed by atoms with Crippen LogP contribution in [0.3, 0.4) is 0 Å². The molecule has 4 amide bonds. The van der Waals surface area contributed by atoms with Crippen LogP contribution in [0.5, 0.6) is 0 Å². The lowest BCUT2D eigenvalue weighted by Crippen LogP contribution is -2.56. The highest BCUT2D eigenvalue weighted by Crippen LogP contribution is 2.18. The van der Waals surface area contributed by atoms with Gasteiger partial charge in [0.1, 0.15) is 5.92 Å². The number of anilines is 1. The molecule has 1 saturated heterocycles. The van der Waals surface area contributed by atoms with Crippen LogP contribution in [0.4, 0.5) is 10.5 Å². The highest BCUT2D eigenvalue weighted by molar-refractivity contribution is 6.16. The van der Waals surface area contributed by atoms with Gasteiger partial charge >= 0.3 is 6.03 Å². The van der Waals surface area contributed by atoms with Crippen molar-refractivity contribution in [3.63, 3.8) is 0 Å². The Hall–Kier alpha value is -2.37. The van der Waals surface area contributed by atoms with Crippen molar-refractivity contribution >= 4 is 23.5 Å². The van der Waals surface area contributed by atoms with Crippen molar-refractivity contribution < 1.29 is 14.4 Å². The zero-order chi connectivity index (χ0) is 15.4. The summed E-state index contributed by atoms with van der Waals surface area (Å²) in [7, 11) is 0. The number of hydrogen-bond acceptors (Lipinski definition) is 4. The van der Waals surface area contributed by atoms with E-state index in [2.05, 4.69) is 29.4 Å². The first-order chi connectivity index (χ1) is 10.0. The second-order valence-corrected chi connectivity index (χ2v) is 4.90. The van der Waals surface area contributed by atoms with Crippen LogP contribution in [-0.4, -0.2) is 30.9 Å². The Morgan fingerprint density at radius 2 is 1.48 bits per heavy atom. The van der Waals surface area contributed by atoms with Gasteiger partial charge in [-0.15, -0.1) is 0 Å². The van der Waals surface area contributed by atoms with Gasteiger partial charge in [-0.25, -0.2) is 4.79 Å². The predicted molar refractivity (Wildman–Crippen MR) is 78.9 cm³/mol. The van der Waals surface area contributed by atoms with E-state index in [0.717, 1.165) is 24.3 Å². The van der Waals surface area contributed by atoms with Crippen LogP contribution < -0.4 is 15.5 Å². The van der Waals surface area contributed by atoms with Gasteiger partial charge in [0.25, 0.3) is 0 Å². The zero-order valence-electron chi connectivity index (χ0n) is 12.2. The lowest BCUT2D eigenvalue weighted by atomic mass is 9.96. The van der Waals surface area contributed by atoms with Crippen LogP contribution in [0.2, 0.25) is 0 Å². The van der Waals surface area contributed by atoms with Gasteiger partial charge in [-0.3, -0.25) is 20.2 Å². The maximum absolute atomic E-state index is 11.7. The molecule has 1 aliphatic rings. The average Bonchev–Trinajstić information content (AvgIpc) is 2.45. The quantitative estimate of drug-likeness (QED) is 0.794. The maximum atomic E-state index is 11.7. The Labute approximate surface area is 123 Å². The maximum Gasteiger partial charge on any atom is 0.328 e. The number of rotatable bonds is 5. The molecule has 21 heavy (non-hydrogen) atoms. The lowest BCUT2D eigenvalue weighted by Gasteiger charge is -2.22. The molecule has 6 heteroatoms. The fourth-order valence-electron chi connectivity index (χ4n) is 2.40. The number of barbiturate groups is 1. The second-order valence-electron chi connectivity index (χ2n) is 4.90. The van der Waals surface area contributed by atoms with Gasteiger partial charge in [0.15, 0.2) is 0 Å². The normalized spacial score (nSPS) is 15.6. The van der Waals surface area contributed by atoms with E-state index in [1.54, 1.807) is 0 Å². The molecule has 2 rings (SSSR count). The number of nitrogens with one attached hydrogen (secondary N) is 2. The van der Waals surface area contributed by atoms with Crippen molar-refractivity contribution in [3.8, 4) is 0 Å². The van der Waals surface area contributed by atoms with E-state index in [-0.39, 0.29) is 6.42 Å². The van der Waals surface area contributed by atoms with E-state index < -0.39 is 23.8 Å². The molecule has 112 valence electrons. The molecular weight excluding hydrogens is 270 g/mol. The minimum absolute atomic E-state index is 0.281. The van der Waals surface area contributed by atoms with Crippen LogP contribution in [0.1, 0.15) is 19.4 Å². The summed E-state index contributed by atoms with van der Waals surface area (Å²) >= 11 is 0. The molecule has 6 nitrogen and oxygen atoms in total. The third kappa shape index (κ3) is 3.39. The van der Waals surface area contributed by atoms with Gasteiger partial charge in [0.2, 0.25) is 11.8 Å². The summed E-state index contributed by atoms with van der Waals surface area (Å²) in [5.41, 5.74) is 1.99. The van der Waals surface area contributed by atoms with E-state index in [1.807, 2.05) is 24.3 Å². The summed E-state index contributed by atoms with van der Waals surface area (Å²) in [5.74, 6) is -1.95. The second kappa shape index (κ2) is 6.39. The number of hydrogen-bond donors (Lipinski definition) is 2. The van der Waals surface area contributed by atoms with Crippen molar-refractivity contribution in [2.45, 2.75) is 20.3 Å². The molecule has 0 aromatic heterocycles. The number of urea groups is 1. The van der Waals surface area contributed by atoms with Gasteiger partial charge in [-0.1, -0.05) is 12.1 Å². The summed E-state index contributed by atoms with van der Waals surface area (Å²) in [6.45, 7) is 6.02. The summed E-state index contributed by atoms with van der Waals surface area (Å²) in [6, 6.07) is 7.02. The van der Waals surface area contributed by atoms with Crippen LogP contribution >= 0.6 is 0 Å². The standard InChI is InChI=1S/C15H19N3O3/c1-3-18(4-2)11-7-5-10(6-8-11)9-12-13(19)16-15(21)17-14(12)20/h5-8,12H,3-4,9H2,1-2H3,(H2,16,17,19,20,21). The van der Waals surface area contributed by atoms with Gasteiger partial charge in [-0.05, 0) is 38.0 Å². The molecule has 1 aliphatic heterocycles. The number of nitrogens with zero attached hydrogens (tertiary/aromatic N) is 1. The van der Waals surface area contributed by atoms with Crippen molar-refractivity contribution in [1.29, 1.82) is 0 Å². The van der Waals surface area contributed by atoms with Gasteiger partial charge in [0, 0.05) is 18.8 Å². The largest absolute Gasteiger partial charge is 0.372 e. The molecule has 1 aromatic carbocycles. The number of amides is 4. The molecule has 1 fully saturated rings. The number of imide groups is 2. The van der Waals surface area contributed by atoms with Crippen LogP contribution in [-0.2, 0) is 16.0 Å². The van der Waals surface area contributed by atoms with Crippen molar-refractivity contribution in [1.82, 2.24) is 10.6 Å². The highest BCUT2D eigenvalue weighted by atomic mass is 16.2. The Bertz CT molecular complexity index is 530. The van der Waals surface area contributed by atoms with Crippen LogP contribution in [0, 0.1) is 5.92 Å². The highest BCUT2D eigenvalue weighted by Gasteiger charge is 2.33. The Balaban J connectivity index is 2.08. The van der Waals surface area contributed by atoms with Crippen LogP contribution in [0.15, 0.2) is 24.3 Å². The minimum atomic E-state index is -0.859. The summed E-state index contributed by atoms with van der Waals surface area (Å²) in [5, 5.41) is 4.22. The van der Waals surface area contributed by atoms with Crippen LogP contribution in [0.25, 0.3) is 0 Å². The smallest absolute Gasteiger partial charge is 0.328 e. The topological polar surface area (TPSA) is 78.5 Å². The minimum Gasteiger partial charge on any atom is -0.372 e. The molecular formula is C15H19N3O3. The molecule has 2 N–H and O–H groups in total. The fraction of sp³-hybridized carbons (Fsp3) is 0.400. The van der Waals surface area contributed by atoms with Crippen molar-refractivity contribution in [3.05, 3.63) is 29.8 Å². The van der Waals surface area contributed by atoms with E-state index in [0.29, 0.717) is 0 Å². The third-order valence-electron chi connectivity index (χ3n) is 3.61.